The first-order valence-corrected chi connectivity index (χ1v) is 5.87. The van der Waals surface area contributed by atoms with Crippen molar-refractivity contribution in [3.8, 4) is 0 Å². The zero-order valence-electron chi connectivity index (χ0n) is 9.21. The van der Waals surface area contributed by atoms with Gasteiger partial charge < -0.3 is 4.74 Å². The van der Waals surface area contributed by atoms with Crippen molar-refractivity contribution < 1.29 is 4.74 Å². The first-order chi connectivity index (χ1) is 6.56. The smallest absolute Gasteiger partial charge is 0.0666 e. The van der Waals surface area contributed by atoms with Gasteiger partial charge in [-0.15, -0.1) is 0 Å². The Balaban J connectivity index is 1.83. The molecular weight excluding hydrogens is 172 g/mol. The van der Waals surface area contributed by atoms with E-state index >= 15 is 0 Å². The van der Waals surface area contributed by atoms with Crippen LogP contribution in [0.25, 0.3) is 0 Å². The fraction of sp³-hybridized carbons (Fsp3) is 0.846. The minimum atomic E-state index is 0.435. The molecule has 3 aliphatic carbocycles. The molecule has 0 amide bonds. The molecule has 1 heteroatoms. The van der Waals surface area contributed by atoms with Gasteiger partial charge in [0.25, 0.3) is 0 Å². The summed E-state index contributed by atoms with van der Waals surface area (Å²) >= 11 is 0. The van der Waals surface area contributed by atoms with Gasteiger partial charge >= 0.3 is 0 Å². The highest BCUT2D eigenvalue weighted by atomic mass is 16.5. The molecule has 5 atom stereocenters. The number of hydrogen-bond donors (Lipinski definition) is 0. The highest BCUT2D eigenvalue weighted by Gasteiger charge is 2.76. The number of fused-ring (bicyclic) bond motifs is 1. The Morgan fingerprint density at radius 2 is 2.21 bits per heavy atom. The number of hydrogen-bond acceptors (Lipinski definition) is 1. The molecule has 14 heavy (non-hydrogen) atoms. The highest BCUT2D eigenvalue weighted by molar-refractivity contribution is 5.41. The normalized spacial score (nSPS) is 60.9. The van der Waals surface area contributed by atoms with E-state index in [0.29, 0.717) is 16.9 Å². The third-order valence-corrected chi connectivity index (χ3v) is 5.45. The van der Waals surface area contributed by atoms with Crippen LogP contribution in [0, 0.1) is 28.6 Å². The molecule has 0 N–H and O–H groups in total. The largest absolute Gasteiger partial charge is 0.376 e. The summed E-state index contributed by atoms with van der Waals surface area (Å²) in [4.78, 5) is 0. The summed E-state index contributed by atoms with van der Waals surface area (Å²) in [5.41, 5.74) is 2.60. The molecule has 1 saturated heterocycles. The SMILES string of the molecule is CC1=CC23CO[C@H]4[C@@H]2[C@H](CC4(C)C)[C@@H]13. The van der Waals surface area contributed by atoms with Crippen molar-refractivity contribution in [1.82, 2.24) is 0 Å². The monoisotopic (exact) mass is 190 g/mol. The lowest BCUT2D eigenvalue weighted by molar-refractivity contribution is -0.0462. The molecule has 0 aromatic rings. The number of rotatable bonds is 0. The quantitative estimate of drug-likeness (QED) is 0.533. The van der Waals surface area contributed by atoms with E-state index in [9.17, 15) is 0 Å². The van der Waals surface area contributed by atoms with Crippen molar-refractivity contribution in [2.45, 2.75) is 33.3 Å². The zero-order chi connectivity index (χ0) is 9.72. The van der Waals surface area contributed by atoms with E-state index in [2.05, 4.69) is 26.8 Å². The summed E-state index contributed by atoms with van der Waals surface area (Å²) in [6.45, 7) is 8.11. The first kappa shape index (κ1) is 7.92. The van der Waals surface area contributed by atoms with Gasteiger partial charge in [-0.2, -0.15) is 0 Å². The lowest BCUT2D eigenvalue weighted by Crippen LogP contribution is -2.59. The predicted octanol–water partition coefficient (Wildman–Crippen LogP) is 2.62. The van der Waals surface area contributed by atoms with E-state index in [1.54, 1.807) is 5.57 Å². The molecule has 1 aliphatic heterocycles. The molecule has 4 aliphatic rings. The average Bonchev–Trinajstić information content (AvgIpc) is 2.49. The molecule has 0 aromatic heterocycles. The lowest BCUT2D eigenvalue weighted by atomic mass is 9.41. The molecule has 1 spiro atoms. The Morgan fingerprint density at radius 1 is 1.43 bits per heavy atom. The zero-order valence-corrected chi connectivity index (χ0v) is 9.21. The molecule has 3 fully saturated rings. The van der Waals surface area contributed by atoms with Crippen LogP contribution < -0.4 is 0 Å². The number of allylic oxidation sites excluding steroid dienone is 1. The molecule has 2 saturated carbocycles. The van der Waals surface area contributed by atoms with Gasteiger partial charge in [-0.1, -0.05) is 25.5 Å². The van der Waals surface area contributed by atoms with Crippen molar-refractivity contribution in [3.05, 3.63) is 11.6 Å². The van der Waals surface area contributed by atoms with Crippen LogP contribution in [0.1, 0.15) is 27.2 Å². The maximum Gasteiger partial charge on any atom is 0.0666 e. The summed E-state index contributed by atoms with van der Waals surface area (Å²) < 4.78 is 6.07. The molecule has 1 heterocycles. The summed E-state index contributed by atoms with van der Waals surface area (Å²) in [6, 6.07) is 0. The predicted molar refractivity (Wildman–Crippen MR) is 54.8 cm³/mol. The summed E-state index contributed by atoms with van der Waals surface area (Å²) in [6.07, 6.45) is 4.47. The van der Waals surface area contributed by atoms with Crippen molar-refractivity contribution in [3.63, 3.8) is 0 Å². The van der Waals surface area contributed by atoms with Gasteiger partial charge in [0, 0.05) is 11.3 Å². The Hall–Kier alpha value is -0.300. The Labute approximate surface area is 85.5 Å². The Morgan fingerprint density at radius 3 is 2.93 bits per heavy atom. The van der Waals surface area contributed by atoms with Crippen LogP contribution in [-0.4, -0.2) is 12.7 Å². The second-order valence-electron chi connectivity index (χ2n) is 6.59. The number of ether oxygens (including phenoxy) is 1. The van der Waals surface area contributed by atoms with Crippen molar-refractivity contribution in [2.24, 2.45) is 28.6 Å². The molecule has 0 bridgehead atoms. The van der Waals surface area contributed by atoms with Crippen molar-refractivity contribution in [2.75, 3.05) is 6.61 Å². The molecule has 0 aromatic carbocycles. The molecule has 4 rings (SSSR count). The summed E-state index contributed by atoms with van der Waals surface area (Å²) in [5.74, 6) is 2.74. The van der Waals surface area contributed by atoms with Gasteiger partial charge in [0.1, 0.15) is 0 Å². The second-order valence-corrected chi connectivity index (χ2v) is 6.59. The molecule has 1 nitrogen and oxygen atoms in total. The van der Waals surface area contributed by atoms with Crippen LogP contribution in [0.15, 0.2) is 11.6 Å². The van der Waals surface area contributed by atoms with E-state index < -0.39 is 0 Å². The van der Waals surface area contributed by atoms with E-state index in [1.807, 2.05) is 0 Å². The van der Waals surface area contributed by atoms with Gasteiger partial charge in [0.05, 0.1) is 12.7 Å². The maximum absolute atomic E-state index is 6.07. The van der Waals surface area contributed by atoms with Crippen LogP contribution >= 0.6 is 0 Å². The van der Waals surface area contributed by atoms with E-state index in [-0.39, 0.29) is 0 Å². The topological polar surface area (TPSA) is 9.23 Å². The fourth-order valence-electron chi connectivity index (χ4n) is 5.21. The van der Waals surface area contributed by atoms with Crippen molar-refractivity contribution >= 4 is 0 Å². The Kier molecular flexibility index (Phi) is 1.04. The Bertz CT molecular complexity index is 354. The van der Waals surface area contributed by atoms with Crippen molar-refractivity contribution in [1.29, 1.82) is 0 Å². The molecule has 0 radical (unpaired) electrons. The minimum Gasteiger partial charge on any atom is -0.376 e. The average molecular weight is 190 g/mol. The van der Waals surface area contributed by atoms with Gasteiger partial charge in [-0.05, 0) is 30.6 Å². The van der Waals surface area contributed by atoms with Crippen LogP contribution in [0.2, 0.25) is 0 Å². The second kappa shape index (κ2) is 1.84. The summed E-state index contributed by atoms with van der Waals surface area (Å²) in [7, 11) is 0. The standard InChI is InChI=1S/C13H18O/c1-7-4-13-6-14-11-10(13)8(9(7)13)5-12(11,2)3/h4,8-11H,5-6H2,1-3H3/t8-,9-,10+,11+,13?/m1/s1. The molecule has 1 unspecified atom stereocenters. The molecule has 76 valence electrons. The third-order valence-electron chi connectivity index (χ3n) is 5.45. The molecular formula is C13H18O. The van der Waals surface area contributed by atoms with Crippen LogP contribution in [0.5, 0.6) is 0 Å². The van der Waals surface area contributed by atoms with Crippen LogP contribution in [0.3, 0.4) is 0 Å². The van der Waals surface area contributed by atoms with E-state index in [4.69, 9.17) is 4.74 Å². The third kappa shape index (κ3) is 0.542. The van der Waals surface area contributed by atoms with Crippen LogP contribution in [0.4, 0.5) is 0 Å². The highest BCUT2D eigenvalue weighted by Crippen LogP contribution is 2.77. The van der Waals surface area contributed by atoms with Crippen LogP contribution in [-0.2, 0) is 4.74 Å². The van der Waals surface area contributed by atoms with Gasteiger partial charge in [-0.25, -0.2) is 0 Å². The lowest BCUT2D eigenvalue weighted by Gasteiger charge is -2.62. The van der Waals surface area contributed by atoms with E-state index in [1.165, 1.54) is 6.42 Å². The maximum atomic E-state index is 6.07. The van der Waals surface area contributed by atoms with Gasteiger partial charge in [0.2, 0.25) is 0 Å². The fourth-order valence-corrected chi connectivity index (χ4v) is 5.21. The van der Waals surface area contributed by atoms with Gasteiger partial charge in [0.15, 0.2) is 0 Å². The minimum absolute atomic E-state index is 0.435. The first-order valence-electron chi connectivity index (χ1n) is 5.87. The summed E-state index contributed by atoms with van der Waals surface area (Å²) in [5, 5.41) is 0. The van der Waals surface area contributed by atoms with Gasteiger partial charge in [-0.3, -0.25) is 0 Å². The van der Waals surface area contributed by atoms with E-state index in [0.717, 1.165) is 24.4 Å².